The zero-order valence-electron chi connectivity index (χ0n) is 18.8. The van der Waals surface area contributed by atoms with Gasteiger partial charge in [0, 0.05) is 18.4 Å². The molecule has 3 aromatic rings. The first-order valence-corrected chi connectivity index (χ1v) is 11.2. The summed E-state index contributed by atoms with van der Waals surface area (Å²) in [6.07, 6.45) is 1.77. The number of carbonyl (C=O) groups is 1. The molecule has 0 bridgehead atoms. The number of nitriles is 1. The smallest absolute Gasteiger partial charge is 0.205 e. The van der Waals surface area contributed by atoms with E-state index in [1.54, 1.807) is 7.11 Å². The van der Waals surface area contributed by atoms with Crippen molar-refractivity contribution in [3.05, 3.63) is 94.6 Å². The number of benzene rings is 3. The van der Waals surface area contributed by atoms with Crippen LogP contribution in [-0.2, 0) is 16.1 Å². The molecule has 1 aliphatic heterocycles. The van der Waals surface area contributed by atoms with Crippen LogP contribution in [0, 0.1) is 11.3 Å². The summed E-state index contributed by atoms with van der Waals surface area (Å²) in [5, 5.41) is 12.1. The Labute approximate surface area is 197 Å². The number of hydrogen-bond donors (Lipinski definition) is 1. The highest BCUT2D eigenvalue weighted by atomic mass is 16.5. The number of methoxy groups -OCH3 is 1. The first kappa shape index (κ1) is 21.6. The summed E-state index contributed by atoms with van der Waals surface area (Å²) in [5.74, 6) is 1.12. The average Bonchev–Trinajstić information content (AvgIpc) is 2.86. The summed E-state index contributed by atoms with van der Waals surface area (Å²) in [7, 11) is 1.57. The zero-order valence-corrected chi connectivity index (χ0v) is 18.8. The van der Waals surface area contributed by atoms with Crippen molar-refractivity contribution < 1.29 is 19.0 Å². The highest BCUT2D eigenvalue weighted by Gasteiger charge is 2.38. The third-order valence-electron chi connectivity index (χ3n) is 6.39. The van der Waals surface area contributed by atoms with Crippen LogP contribution < -0.4 is 15.2 Å². The molecule has 2 N–H and O–H groups in total. The Bertz CT molecular complexity index is 1390. The summed E-state index contributed by atoms with van der Waals surface area (Å²) in [6.45, 7) is 0.373. The molecule has 1 aliphatic carbocycles. The van der Waals surface area contributed by atoms with E-state index in [4.69, 9.17) is 19.9 Å². The molecular weight excluding hydrogens is 428 g/mol. The van der Waals surface area contributed by atoms with E-state index in [2.05, 4.69) is 24.3 Å². The fraction of sp³-hybridized carbons (Fsp3) is 0.214. The predicted molar refractivity (Wildman–Crippen MR) is 128 cm³/mol. The quantitative estimate of drug-likeness (QED) is 0.569. The van der Waals surface area contributed by atoms with Crippen LogP contribution in [0.1, 0.15) is 36.3 Å². The maximum Gasteiger partial charge on any atom is 0.205 e. The number of Topliss-reactive ketones (excluding diaryl/α,β-unsaturated/α-hetero) is 1. The van der Waals surface area contributed by atoms with Crippen LogP contribution in [0.15, 0.2) is 83.5 Å². The third-order valence-corrected chi connectivity index (χ3v) is 6.39. The molecule has 0 spiro atoms. The van der Waals surface area contributed by atoms with Gasteiger partial charge in [0.1, 0.15) is 24.0 Å². The Morgan fingerprint density at radius 3 is 2.74 bits per heavy atom. The van der Waals surface area contributed by atoms with Gasteiger partial charge in [-0.25, -0.2) is 0 Å². The molecule has 6 heteroatoms. The second-order valence-electron chi connectivity index (χ2n) is 8.38. The normalized spacial score (nSPS) is 17.8. The van der Waals surface area contributed by atoms with Crippen molar-refractivity contribution in [2.75, 3.05) is 7.11 Å². The van der Waals surface area contributed by atoms with Crippen LogP contribution in [0.4, 0.5) is 0 Å². The van der Waals surface area contributed by atoms with Gasteiger partial charge in [-0.05, 0) is 40.5 Å². The van der Waals surface area contributed by atoms with Crippen molar-refractivity contribution in [3.63, 3.8) is 0 Å². The molecular formula is C28H24N2O4. The van der Waals surface area contributed by atoms with Crippen molar-refractivity contribution in [1.82, 2.24) is 0 Å². The van der Waals surface area contributed by atoms with Crippen molar-refractivity contribution in [2.24, 2.45) is 5.73 Å². The Kier molecular flexibility index (Phi) is 5.69. The lowest BCUT2D eigenvalue weighted by Crippen LogP contribution is -2.27. The number of rotatable bonds is 5. The number of fused-ring (bicyclic) bond motifs is 1. The van der Waals surface area contributed by atoms with Crippen LogP contribution in [0.5, 0.6) is 11.5 Å². The van der Waals surface area contributed by atoms with Gasteiger partial charge in [-0.15, -0.1) is 0 Å². The fourth-order valence-corrected chi connectivity index (χ4v) is 4.75. The Balaban J connectivity index is 1.48. The van der Waals surface area contributed by atoms with E-state index in [0.29, 0.717) is 48.7 Å². The first-order valence-electron chi connectivity index (χ1n) is 11.2. The zero-order chi connectivity index (χ0) is 23.7. The van der Waals surface area contributed by atoms with Gasteiger partial charge in [0.25, 0.3) is 0 Å². The lowest BCUT2D eigenvalue weighted by atomic mass is 9.77. The highest BCUT2D eigenvalue weighted by molar-refractivity contribution is 5.99. The number of carbonyl (C=O) groups excluding carboxylic acids is 1. The Morgan fingerprint density at radius 2 is 1.91 bits per heavy atom. The van der Waals surface area contributed by atoms with E-state index < -0.39 is 5.92 Å². The largest absolute Gasteiger partial charge is 0.493 e. The molecule has 3 aromatic carbocycles. The van der Waals surface area contributed by atoms with E-state index in [9.17, 15) is 10.1 Å². The van der Waals surface area contributed by atoms with Crippen LogP contribution >= 0.6 is 0 Å². The topological polar surface area (TPSA) is 94.6 Å². The van der Waals surface area contributed by atoms with Crippen LogP contribution in [-0.4, -0.2) is 12.9 Å². The van der Waals surface area contributed by atoms with E-state index in [1.165, 1.54) is 0 Å². The molecule has 0 saturated carbocycles. The number of allylic oxidation sites excluding steroid dienone is 3. The van der Waals surface area contributed by atoms with Gasteiger partial charge in [-0.1, -0.05) is 48.5 Å². The molecule has 2 aliphatic rings. The van der Waals surface area contributed by atoms with Crippen molar-refractivity contribution in [3.8, 4) is 17.6 Å². The van der Waals surface area contributed by atoms with Crippen molar-refractivity contribution in [2.45, 2.75) is 31.8 Å². The number of nitrogens with two attached hydrogens (primary N) is 1. The van der Waals surface area contributed by atoms with Crippen LogP contribution in [0.3, 0.4) is 0 Å². The second kappa shape index (κ2) is 8.95. The van der Waals surface area contributed by atoms with Gasteiger partial charge >= 0.3 is 0 Å². The highest BCUT2D eigenvalue weighted by Crippen LogP contribution is 2.45. The van der Waals surface area contributed by atoms with Crippen LogP contribution in [0.2, 0.25) is 0 Å². The number of ether oxygens (including phenoxy) is 3. The summed E-state index contributed by atoms with van der Waals surface area (Å²) in [4.78, 5) is 12.8. The average molecular weight is 453 g/mol. The molecule has 0 fully saturated rings. The van der Waals surface area contributed by atoms with Crippen molar-refractivity contribution in [1.29, 1.82) is 5.26 Å². The molecule has 0 unspecified atom stereocenters. The van der Waals surface area contributed by atoms with Gasteiger partial charge < -0.3 is 19.9 Å². The SMILES string of the molecule is COc1cc([C@@H]2C(C#N)=C(N)OC3=C2C(=O)CCC3)ccc1OCc1cccc2ccccc12. The van der Waals surface area contributed by atoms with Crippen LogP contribution in [0.25, 0.3) is 10.8 Å². The fourth-order valence-electron chi connectivity index (χ4n) is 4.75. The lowest BCUT2D eigenvalue weighted by molar-refractivity contribution is -0.116. The van der Waals surface area contributed by atoms with Gasteiger partial charge in [-0.3, -0.25) is 4.79 Å². The van der Waals surface area contributed by atoms with Crippen molar-refractivity contribution >= 4 is 16.6 Å². The summed E-state index contributed by atoms with van der Waals surface area (Å²) in [5.41, 5.74) is 8.62. The molecule has 34 heavy (non-hydrogen) atoms. The Morgan fingerprint density at radius 1 is 1.09 bits per heavy atom. The minimum absolute atomic E-state index is 0.0123. The lowest BCUT2D eigenvalue weighted by Gasteiger charge is -2.31. The molecule has 1 heterocycles. The molecule has 6 nitrogen and oxygen atoms in total. The summed E-state index contributed by atoms with van der Waals surface area (Å²) >= 11 is 0. The maximum absolute atomic E-state index is 12.8. The van der Waals surface area contributed by atoms with E-state index in [1.807, 2.05) is 42.5 Å². The predicted octanol–water partition coefficient (Wildman–Crippen LogP) is 5.24. The number of hydrogen-bond acceptors (Lipinski definition) is 6. The molecule has 5 rings (SSSR count). The summed E-state index contributed by atoms with van der Waals surface area (Å²) < 4.78 is 17.4. The molecule has 0 amide bonds. The molecule has 0 aromatic heterocycles. The third kappa shape index (κ3) is 3.75. The van der Waals surface area contributed by atoms with E-state index >= 15 is 0 Å². The minimum atomic E-state index is -0.581. The van der Waals surface area contributed by atoms with E-state index in [0.717, 1.165) is 21.9 Å². The Hall–Kier alpha value is -4.24. The minimum Gasteiger partial charge on any atom is -0.493 e. The maximum atomic E-state index is 12.8. The first-order chi connectivity index (χ1) is 16.6. The monoisotopic (exact) mass is 452 g/mol. The number of ketones is 1. The van der Waals surface area contributed by atoms with Gasteiger partial charge in [0.2, 0.25) is 5.88 Å². The van der Waals surface area contributed by atoms with E-state index in [-0.39, 0.29) is 17.2 Å². The number of nitrogens with zero attached hydrogens (tertiary/aromatic N) is 1. The van der Waals surface area contributed by atoms with Gasteiger partial charge in [0.15, 0.2) is 17.3 Å². The second-order valence-corrected chi connectivity index (χ2v) is 8.38. The molecule has 0 saturated heterocycles. The standard InChI is InChI=1S/C28H24N2O4/c1-32-25-14-18(26-21(15-29)28(30)34-24-11-5-10-22(31)27(24)26)12-13-23(25)33-16-19-8-4-7-17-6-2-3-9-20(17)19/h2-4,6-9,12-14,26H,5,10-11,16,30H2,1H3/t26-/m1/s1. The molecule has 1 atom stereocenters. The molecule has 170 valence electrons. The van der Waals surface area contributed by atoms with Gasteiger partial charge in [0.05, 0.1) is 13.0 Å². The van der Waals surface area contributed by atoms with Gasteiger partial charge in [-0.2, -0.15) is 5.26 Å². The molecule has 0 radical (unpaired) electrons. The summed E-state index contributed by atoms with van der Waals surface area (Å²) in [6, 6.07) is 21.9.